The van der Waals surface area contributed by atoms with Crippen LogP contribution in [0.5, 0.6) is 0 Å². The van der Waals surface area contributed by atoms with Crippen molar-refractivity contribution in [2.45, 2.75) is 70.4 Å². The lowest BCUT2D eigenvalue weighted by molar-refractivity contribution is -0.147. The molecule has 9 nitrogen and oxygen atoms in total. The van der Waals surface area contributed by atoms with Crippen molar-refractivity contribution in [3.63, 3.8) is 0 Å². The summed E-state index contributed by atoms with van der Waals surface area (Å²) in [7, 11) is 0. The molecule has 1 N–H and O–H groups in total. The second-order valence-corrected chi connectivity index (χ2v) is 12.1. The Bertz CT molecular complexity index is 1560. The number of benzene rings is 2. The average Bonchev–Trinajstić information content (AvgIpc) is 3.52. The Balaban J connectivity index is 1.09. The molecular formula is C31H33N5O4. The van der Waals surface area contributed by atoms with Crippen molar-refractivity contribution in [3.8, 4) is 0 Å². The number of nitrogens with one attached hydrogen (secondary N) is 1. The van der Waals surface area contributed by atoms with Gasteiger partial charge in [0.2, 0.25) is 17.7 Å². The van der Waals surface area contributed by atoms with E-state index in [1.54, 1.807) is 4.90 Å². The Morgan fingerprint density at radius 2 is 1.88 bits per heavy atom. The quantitative estimate of drug-likeness (QED) is 0.498. The summed E-state index contributed by atoms with van der Waals surface area (Å²) in [6.07, 6.45) is 10.2. The number of hydrogen-bond donors (Lipinski definition) is 1. The summed E-state index contributed by atoms with van der Waals surface area (Å²) in [4.78, 5) is 54.2. The Morgan fingerprint density at radius 3 is 2.60 bits per heavy atom. The number of aromatic nitrogens is 2. The van der Waals surface area contributed by atoms with Gasteiger partial charge in [-0.3, -0.25) is 34.1 Å². The van der Waals surface area contributed by atoms with Crippen LogP contribution in [0.15, 0.2) is 42.7 Å². The van der Waals surface area contributed by atoms with E-state index in [9.17, 15) is 19.2 Å². The lowest BCUT2D eigenvalue weighted by Gasteiger charge is -2.43. The molecule has 2 aromatic carbocycles. The van der Waals surface area contributed by atoms with Gasteiger partial charge in [-0.1, -0.05) is 31.5 Å². The Kier molecular flexibility index (Phi) is 5.80. The first kappa shape index (κ1) is 25.0. The molecule has 4 heterocycles. The summed E-state index contributed by atoms with van der Waals surface area (Å²) in [5, 5.41) is 8.92. The molecule has 9 heteroatoms. The second kappa shape index (κ2) is 9.28. The number of likely N-dealkylation sites (tertiary alicyclic amines) is 1. The summed E-state index contributed by atoms with van der Waals surface area (Å²) < 4.78 is 2.05. The normalized spacial score (nSPS) is 22.5. The van der Waals surface area contributed by atoms with Gasteiger partial charge in [0.05, 0.1) is 17.9 Å². The minimum atomic E-state index is -0.692. The third kappa shape index (κ3) is 3.93. The lowest BCUT2D eigenvalue weighted by atomic mass is 9.69. The van der Waals surface area contributed by atoms with Crippen molar-refractivity contribution in [1.82, 2.24) is 20.0 Å². The predicted octanol–water partition coefficient (Wildman–Crippen LogP) is 3.75. The van der Waals surface area contributed by atoms with Gasteiger partial charge in [-0.25, -0.2) is 0 Å². The highest BCUT2D eigenvalue weighted by atomic mass is 16.2. The molecule has 0 unspecified atom stereocenters. The van der Waals surface area contributed by atoms with Gasteiger partial charge in [0.1, 0.15) is 6.04 Å². The fraction of sp³-hybridized carbons (Fsp3) is 0.452. The van der Waals surface area contributed by atoms with Crippen LogP contribution >= 0.6 is 0 Å². The van der Waals surface area contributed by atoms with Crippen LogP contribution in [0.3, 0.4) is 0 Å². The fourth-order valence-corrected chi connectivity index (χ4v) is 6.98. The molecule has 3 aromatic rings. The summed E-state index contributed by atoms with van der Waals surface area (Å²) in [6.45, 7) is 3.66. The summed E-state index contributed by atoms with van der Waals surface area (Å²) in [5.74, 6) is -0.598. The number of imide groups is 1. The van der Waals surface area contributed by atoms with Crippen LogP contribution in [-0.4, -0.2) is 57.4 Å². The third-order valence-electron chi connectivity index (χ3n) is 9.49. The molecule has 2 saturated heterocycles. The average molecular weight is 540 g/mol. The number of rotatable bonds is 5. The number of piperidine rings is 2. The van der Waals surface area contributed by atoms with E-state index in [1.165, 1.54) is 0 Å². The van der Waals surface area contributed by atoms with Gasteiger partial charge < -0.3 is 4.90 Å². The molecule has 40 heavy (non-hydrogen) atoms. The molecular weight excluding hydrogens is 506 g/mol. The number of hydrogen-bond acceptors (Lipinski definition) is 5. The molecule has 7 rings (SSSR count). The van der Waals surface area contributed by atoms with Crippen LogP contribution < -0.4 is 10.2 Å². The maximum absolute atomic E-state index is 13.4. The van der Waals surface area contributed by atoms with Crippen LogP contribution in [0, 0.1) is 5.41 Å². The van der Waals surface area contributed by atoms with E-state index in [0.717, 1.165) is 72.8 Å². The SMILES string of the molecule is CC1(C(=O)N2CCC(n3cc(Cc4ccc5c6c(cccc46)C(=O)N5[C@H]4CCC(=O)NC4=O)cn3)CC2)CCC1. The van der Waals surface area contributed by atoms with Crippen LogP contribution in [0.2, 0.25) is 0 Å². The third-order valence-corrected chi connectivity index (χ3v) is 9.49. The van der Waals surface area contributed by atoms with E-state index >= 15 is 0 Å². The maximum atomic E-state index is 13.4. The maximum Gasteiger partial charge on any atom is 0.259 e. The summed E-state index contributed by atoms with van der Waals surface area (Å²) >= 11 is 0. The molecule has 206 valence electrons. The number of carbonyl (C=O) groups is 4. The number of nitrogens with zero attached hydrogens (tertiary/aromatic N) is 4. The Labute approximate surface area is 232 Å². The first-order valence-electron chi connectivity index (χ1n) is 14.4. The molecule has 0 radical (unpaired) electrons. The van der Waals surface area contributed by atoms with Crippen molar-refractivity contribution < 1.29 is 19.2 Å². The van der Waals surface area contributed by atoms with Gasteiger partial charge in [-0.15, -0.1) is 0 Å². The van der Waals surface area contributed by atoms with E-state index in [-0.39, 0.29) is 29.7 Å². The minimum Gasteiger partial charge on any atom is -0.342 e. The number of amides is 4. The van der Waals surface area contributed by atoms with Gasteiger partial charge in [0.25, 0.3) is 5.91 Å². The van der Waals surface area contributed by atoms with Crippen molar-refractivity contribution in [2.75, 3.05) is 18.0 Å². The zero-order valence-corrected chi connectivity index (χ0v) is 22.7. The molecule has 1 atom stereocenters. The predicted molar refractivity (Wildman–Crippen MR) is 149 cm³/mol. The van der Waals surface area contributed by atoms with Gasteiger partial charge in [0.15, 0.2) is 0 Å². The van der Waals surface area contributed by atoms with Gasteiger partial charge in [-0.2, -0.15) is 5.10 Å². The van der Waals surface area contributed by atoms with Gasteiger partial charge in [0, 0.05) is 48.5 Å². The van der Waals surface area contributed by atoms with Crippen molar-refractivity contribution in [1.29, 1.82) is 0 Å². The molecule has 0 bridgehead atoms. The summed E-state index contributed by atoms with van der Waals surface area (Å²) in [5.41, 5.74) is 3.35. The highest BCUT2D eigenvalue weighted by Gasteiger charge is 2.43. The second-order valence-electron chi connectivity index (χ2n) is 12.1. The molecule has 4 aliphatic rings. The number of carbonyl (C=O) groups excluding carboxylic acids is 4. The van der Waals surface area contributed by atoms with Crippen molar-refractivity contribution in [2.24, 2.45) is 5.41 Å². The van der Waals surface area contributed by atoms with Crippen LogP contribution in [0.1, 0.15) is 79.4 Å². The zero-order valence-electron chi connectivity index (χ0n) is 22.7. The minimum absolute atomic E-state index is 0.144. The van der Waals surface area contributed by atoms with E-state index in [2.05, 4.69) is 28.2 Å². The van der Waals surface area contributed by atoms with E-state index in [0.29, 0.717) is 24.3 Å². The molecule has 3 aliphatic heterocycles. The molecule has 4 amide bonds. The Morgan fingerprint density at radius 1 is 1.07 bits per heavy atom. The Hall–Kier alpha value is -4.01. The largest absolute Gasteiger partial charge is 0.342 e. The molecule has 1 aliphatic carbocycles. The van der Waals surface area contributed by atoms with Crippen LogP contribution in [0.4, 0.5) is 5.69 Å². The van der Waals surface area contributed by atoms with Crippen molar-refractivity contribution in [3.05, 3.63) is 59.4 Å². The van der Waals surface area contributed by atoms with E-state index in [4.69, 9.17) is 0 Å². The van der Waals surface area contributed by atoms with Crippen molar-refractivity contribution >= 4 is 40.1 Å². The first-order chi connectivity index (χ1) is 19.3. The fourth-order valence-electron chi connectivity index (χ4n) is 6.98. The number of anilines is 1. The standard InChI is InChI=1S/C31H33N5O4/c1-31(12-3-13-31)30(40)34-14-10-21(11-15-34)35-18-19(17-32-35)16-20-6-7-24-27-22(20)4-2-5-23(27)29(39)36(24)25-8-9-26(37)33-28(25)38/h2,4-7,17-18,21,25H,3,8-16H2,1H3,(H,33,37,38)/t25-/m0/s1. The highest BCUT2D eigenvalue weighted by molar-refractivity contribution is 6.27. The smallest absolute Gasteiger partial charge is 0.259 e. The summed E-state index contributed by atoms with van der Waals surface area (Å²) in [6, 6.07) is 9.27. The van der Waals surface area contributed by atoms with Gasteiger partial charge in [-0.05, 0) is 60.7 Å². The molecule has 3 fully saturated rings. The topological polar surface area (TPSA) is 105 Å². The molecule has 1 saturated carbocycles. The molecule has 1 aromatic heterocycles. The monoisotopic (exact) mass is 539 g/mol. The zero-order chi connectivity index (χ0) is 27.6. The first-order valence-corrected chi connectivity index (χ1v) is 14.4. The van der Waals surface area contributed by atoms with Crippen LogP contribution in [-0.2, 0) is 20.8 Å². The van der Waals surface area contributed by atoms with Crippen LogP contribution in [0.25, 0.3) is 10.8 Å². The lowest BCUT2D eigenvalue weighted by Crippen LogP contribution is -2.53. The van der Waals surface area contributed by atoms with E-state index in [1.807, 2.05) is 41.4 Å². The van der Waals surface area contributed by atoms with Gasteiger partial charge >= 0.3 is 0 Å². The van der Waals surface area contributed by atoms with E-state index < -0.39 is 11.9 Å². The highest BCUT2D eigenvalue weighted by Crippen LogP contribution is 2.43. The molecule has 0 spiro atoms.